The van der Waals surface area contributed by atoms with Gasteiger partial charge in [-0.25, -0.2) is 0 Å². The Morgan fingerprint density at radius 2 is 1.78 bits per heavy atom. The van der Waals surface area contributed by atoms with Crippen LogP contribution in [-0.2, 0) is 11.2 Å². The van der Waals surface area contributed by atoms with E-state index in [4.69, 9.17) is 9.47 Å². The molecule has 148 valence electrons. The standard InChI is InChI=1S/C23H31BrO3/c1-22(2)10-7-11-23(3)16(18(25)8-6-9-21(22)23)12-15-13-19(26-4)20(27-5)14-17(15)24/h9,13-14,16H,6-8,10-12H2,1-5H3/t16?,23-/m1/s1. The maximum Gasteiger partial charge on any atom is 0.161 e. The summed E-state index contributed by atoms with van der Waals surface area (Å²) in [4.78, 5) is 13.2. The Bertz CT molecular complexity index is 765. The summed E-state index contributed by atoms with van der Waals surface area (Å²) in [7, 11) is 3.29. The molecule has 1 saturated carbocycles. The van der Waals surface area contributed by atoms with Crippen molar-refractivity contribution in [3.05, 3.63) is 33.8 Å². The van der Waals surface area contributed by atoms with Gasteiger partial charge >= 0.3 is 0 Å². The molecule has 2 atom stereocenters. The van der Waals surface area contributed by atoms with Crippen LogP contribution in [0.4, 0.5) is 0 Å². The van der Waals surface area contributed by atoms with E-state index in [1.807, 2.05) is 12.1 Å². The third-order valence-electron chi connectivity index (χ3n) is 6.72. The zero-order chi connectivity index (χ0) is 19.8. The molecule has 1 aromatic rings. The first-order valence-corrected chi connectivity index (χ1v) is 10.7. The zero-order valence-electron chi connectivity index (χ0n) is 17.2. The van der Waals surface area contributed by atoms with Crippen LogP contribution in [0.5, 0.6) is 11.5 Å². The Balaban J connectivity index is 2.02. The largest absolute Gasteiger partial charge is 0.493 e. The van der Waals surface area contributed by atoms with E-state index in [2.05, 4.69) is 42.8 Å². The summed E-state index contributed by atoms with van der Waals surface area (Å²) in [6.07, 6.45) is 8.09. The number of rotatable bonds is 4. The minimum Gasteiger partial charge on any atom is -0.493 e. The quantitative estimate of drug-likeness (QED) is 0.534. The molecule has 27 heavy (non-hydrogen) atoms. The molecular weight excluding hydrogens is 404 g/mol. The molecule has 3 rings (SSSR count). The van der Waals surface area contributed by atoms with Gasteiger partial charge in [0, 0.05) is 16.8 Å². The van der Waals surface area contributed by atoms with Crippen molar-refractivity contribution in [3.8, 4) is 11.5 Å². The number of fused-ring (bicyclic) bond motifs is 1. The van der Waals surface area contributed by atoms with Crippen molar-refractivity contribution in [3.63, 3.8) is 0 Å². The van der Waals surface area contributed by atoms with Gasteiger partial charge in [-0.05, 0) is 54.2 Å². The highest BCUT2D eigenvalue weighted by molar-refractivity contribution is 9.10. The number of halogens is 1. The molecule has 3 nitrogen and oxygen atoms in total. The van der Waals surface area contributed by atoms with Gasteiger partial charge in [0.1, 0.15) is 5.78 Å². The fourth-order valence-electron chi connectivity index (χ4n) is 5.31. The lowest BCUT2D eigenvalue weighted by Gasteiger charge is -2.49. The number of Topliss-reactive ketones (excluding diaryl/α,β-unsaturated/α-hetero) is 1. The van der Waals surface area contributed by atoms with Crippen molar-refractivity contribution in [1.29, 1.82) is 0 Å². The molecule has 1 fully saturated rings. The van der Waals surface area contributed by atoms with E-state index in [1.165, 1.54) is 18.4 Å². The average Bonchev–Trinajstić information content (AvgIpc) is 2.74. The lowest BCUT2D eigenvalue weighted by Crippen LogP contribution is -2.42. The van der Waals surface area contributed by atoms with Gasteiger partial charge < -0.3 is 9.47 Å². The molecule has 0 aromatic heterocycles. The Morgan fingerprint density at radius 1 is 1.11 bits per heavy atom. The maximum absolute atomic E-state index is 13.2. The van der Waals surface area contributed by atoms with Crippen molar-refractivity contribution in [2.45, 2.75) is 59.3 Å². The van der Waals surface area contributed by atoms with Gasteiger partial charge in [0.15, 0.2) is 11.5 Å². The summed E-state index contributed by atoms with van der Waals surface area (Å²) in [6.45, 7) is 7.01. The Hall–Kier alpha value is -1.29. The Labute approximate surface area is 171 Å². The fraction of sp³-hybridized carbons (Fsp3) is 0.609. The van der Waals surface area contributed by atoms with Crippen molar-refractivity contribution >= 4 is 21.7 Å². The third kappa shape index (κ3) is 3.70. The van der Waals surface area contributed by atoms with Gasteiger partial charge in [0.25, 0.3) is 0 Å². The predicted molar refractivity (Wildman–Crippen MR) is 113 cm³/mol. The number of carbonyl (C=O) groups excluding carboxylic acids is 1. The van der Waals surface area contributed by atoms with E-state index in [0.717, 1.165) is 29.3 Å². The number of methoxy groups -OCH3 is 2. The van der Waals surface area contributed by atoms with Gasteiger partial charge in [-0.1, -0.05) is 54.8 Å². The number of benzene rings is 1. The number of ether oxygens (including phenoxy) is 2. The van der Waals surface area contributed by atoms with Crippen LogP contribution in [-0.4, -0.2) is 20.0 Å². The van der Waals surface area contributed by atoms with Gasteiger partial charge in [-0.3, -0.25) is 4.79 Å². The molecule has 0 saturated heterocycles. The molecule has 0 radical (unpaired) electrons. The lowest BCUT2D eigenvalue weighted by atomic mass is 9.55. The SMILES string of the molecule is COc1cc(Br)c(CC2C(=O)CCC=C3C(C)(C)CCC[C@@]32C)cc1OC. The molecule has 0 heterocycles. The van der Waals surface area contributed by atoms with Crippen LogP contribution in [0.2, 0.25) is 0 Å². The minimum atomic E-state index is -0.0675. The molecule has 1 unspecified atom stereocenters. The maximum atomic E-state index is 13.2. The minimum absolute atomic E-state index is 0.000209. The van der Waals surface area contributed by atoms with E-state index < -0.39 is 0 Å². The smallest absolute Gasteiger partial charge is 0.161 e. The first-order chi connectivity index (χ1) is 12.7. The normalized spacial score (nSPS) is 27.4. The van der Waals surface area contributed by atoms with Crippen LogP contribution in [0, 0.1) is 16.7 Å². The molecule has 0 bridgehead atoms. The van der Waals surface area contributed by atoms with E-state index >= 15 is 0 Å². The van der Waals surface area contributed by atoms with Crippen LogP contribution in [0.1, 0.15) is 58.4 Å². The van der Waals surface area contributed by atoms with Crippen LogP contribution in [0.25, 0.3) is 0 Å². The summed E-state index contributed by atoms with van der Waals surface area (Å²) >= 11 is 3.68. The summed E-state index contributed by atoms with van der Waals surface area (Å²) in [5.41, 5.74) is 2.71. The average molecular weight is 435 g/mol. The molecule has 0 spiro atoms. The van der Waals surface area contributed by atoms with Gasteiger partial charge in [0.2, 0.25) is 0 Å². The molecule has 4 heteroatoms. The number of hydrogen-bond donors (Lipinski definition) is 0. The van der Waals surface area contributed by atoms with Crippen LogP contribution < -0.4 is 9.47 Å². The van der Waals surface area contributed by atoms with Gasteiger partial charge in [-0.2, -0.15) is 0 Å². The second kappa shape index (κ2) is 7.62. The highest BCUT2D eigenvalue weighted by atomic mass is 79.9. The van der Waals surface area contributed by atoms with E-state index in [1.54, 1.807) is 14.2 Å². The predicted octanol–water partition coefficient (Wildman–Crippen LogP) is 6.13. The van der Waals surface area contributed by atoms with E-state index in [0.29, 0.717) is 23.7 Å². The van der Waals surface area contributed by atoms with Crippen molar-refractivity contribution in [2.75, 3.05) is 14.2 Å². The lowest BCUT2D eigenvalue weighted by molar-refractivity contribution is -0.126. The third-order valence-corrected chi connectivity index (χ3v) is 7.45. The molecule has 0 amide bonds. The molecule has 2 aliphatic rings. The van der Waals surface area contributed by atoms with Crippen molar-refractivity contribution in [2.24, 2.45) is 16.7 Å². The Morgan fingerprint density at radius 3 is 2.44 bits per heavy atom. The number of ketones is 1. The summed E-state index contributed by atoms with van der Waals surface area (Å²) in [6, 6.07) is 3.96. The van der Waals surface area contributed by atoms with Crippen LogP contribution >= 0.6 is 15.9 Å². The monoisotopic (exact) mass is 434 g/mol. The highest BCUT2D eigenvalue weighted by Crippen LogP contribution is 2.56. The second-order valence-corrected chi connectivity index (χ2v) is 9.69. The first-order valence-electron chi connectivity index (χ1n) is 9.87. The molecule has 0 N–H and O–H groups in total. The van der Waals surface area contributed by atoms with Crippen molar-refractivity contribution in [1.82, 2.24) is 0 Å². The van der Waals surface area contributed by atoms with Crippen LogP contribution in [0.15, 0.2) is 28.3 Å². The van der Waals surface area contributed by atoms with Gasteiger partial charge in [-0.15, -0.1) is 0 Å². The summed E-state index contributed by atoms with van der Waals surface area (Å²) in [5.74, 6) is 1.80. The van der Waals surface area contributed by atoms with E-state index in [-0.39, 0.29) is 16.7 Å². The number of hydrogen-bond acceptors (Lipinski definition) is 3. The molecule has 1 aromatic carbocycles. The topological polar surface area (TPSA) is 35.5 Å². The molecule has 2 aliphatic carbocycles. The van der Waals surface area contributed by atoms with Crippen LogP contribution in [0.3, 0.4) is 0 Å². The highest BCUT2D eigenvalue weighted by Gasteiger charge is 2.49. The summed E-state index contributed by atoms with van der Waals surface area (Å²) < 4.78 is 11.9. The van der Waals surface area contributed by atoms with Gasteiger partial charge in [0.05, 0.1) is 14.2 Å². The summed E-state index contributed by atoms with van der Waals surface area (Å²) in [5, 5.41) is 0. The number of allylic oxidation sites excluding steroid dienone is 2. The Kier molecular flexibility index (Phi) is 5.77. The number of carbonyl (C=O) groups is 1. The van der Waals surface area contributed by atoms with E-state index in [9.17, 15) is 4.79 Å². The second-order valence-electron chi connectivity index (χ2n) is 8.83. The zero-order valence-corrected chi connectivity index (χ0v) is 18.7. The molecular formula is C23H31BrO3. The van der Waals surface area contributed by atoms with Crippen molar-refractivity contribution < 1.29 is 14.3 Å². The fourth-order valence-corrected chi connectivity index (χ4v) is 5.80. The first kappa shape index (κ1) is 20.4. The molecule has 0 aliphatic heterocycles.